The van der Waals surface area contributed by atoms with Crippen LogP contribution in [-0.2, 0) is 3.07 Å². The van der Waals surface area contributed by atoms with Gasteiger partial charge in [-0.3, -0.25) is 0 Å². The number of hydrogen-bond acceptors (Lipinski definition) is 3. The first kappa shape index (κ1) is 14.6. The molecular weight excluding hydrogens is 348 g/mol. The summed E-state index contributed by atoms with van der Waals surface area (Å²) in [5.41, 5.74) is 7.05. The third-order valence-corrected chi connectivity index (χ3v) is 10.9. The van der Waals surface area contributed by atoms with Crippen LogP contribution in [0.15, 0.2) is 24.3 Å². The number of benzene rings is 1. The summed E-state index contributed by atoms with van der Waals surface area (Å²) in [6, 6.07) is 8.04. The molecule has 2 unspecified atom stereocenters. The predicted molar refractivity (Wildman–Crippen MR) is 76.0 cm³/mol. The van der Waals surface area contributed by atoms with Crippen LogP contribution in [0.1, 0.15) is 18.5 Å². The van der Waals surface area contributed by atoms with Crippen LogP contribution in [0.25, 0.3) is 0 Å². The third kappa shape index (κ3) is 3.81. The van der Waals surface area contributed by atoms with E-state index in [0.29, 0.717) is 12.4 Å². The topological polar surface area (TPSA) is 35.2 Å². The summed E-state index contributed by atoms with van der Waals surface area (Å²) >= 11 is 0.992. The van der Waals surface area contributed by atoms with Gasteiger partial charge in [-0.25, -0.2) is 0 Å². The summed E-state index contributed by atoms with van der Waals surface area (Å²) in [5, 5.41) is 0. The minimum absolute atomic E-state index is 0.00873. The zero-order chi connectivity index (χ0) is 12.2. The van der Waals surface area contributed by atoms with Gasteiger partial charge in [0.1, 0.15) is 0 Å². The van der Waals surface area contributed by atoms with E-state index < -0.39 is 17.7 Å². The number of thiol groups is 1. The first-order chi connectivity index (χ1) is 7.49. The minimum atomic E-state index is -3.14. The first-order valence-corrected chi connectivity index (χ1v) is 15.0. The molecule has 0 amide bonds. The molecule has 0 fully saturated rings. The molecule has 1 rings (SSSR count). The zero-order valence-corrected chi connectivity index (χ0v) is 14.1. The molecule has 0 aliphatic rings. The summed E-state index contributed by atoms with van der Waals surface area (Å²) in [7, 11) is 6.59. The molecule has 2 N–H and O–H groups in total. The number of rotatable bonds is 5. The second-order valence-corrected chi connectivity index (χ2v) is 16.7. The van der Waals surface area contributed by atoms with E-state index in [1.165, 1.54) is 0 Å². The standard InChI is InChI=1S/C8H10N.C2H5OS.CH3.ClH.Sn/c1-7(9)8-5-3-2-4-6-8;3-1-2-4;;;/h2-5,7H,9H2,1H3;4H,1-2H2;1H3;1H;/q;-1;;;+2/p-1. The summed E-state index contributed by atoms with van der Waals surface area (Å²) < 4.78 is 6.93. The van der Waals surface area contributed by atoms with Crippen LogP contribution in [0.4, 0.5) is 0 Å². The van der Waals surface area contributed by atoms with Crippen molar-refractivity contribution in [2.24, 2.45) is 5.73 Å². The van der Waals surface area contributed by atoms with Crippen molar-refractivity contribution in [2.45, 2.75) is 17.9 Å². The molecule has 0 radical (unpaired) electrons. The summed E-state index contributed by atoms with van der Waals surface area (Å²) in [5.74, 6) is 0.694. The molecule has 2 nitrogen and oxygen atoms in total. The first-order valence-electron chi connectivity index (χ1n) is 5.27. The van der Waals surface area contributed by atoms with Crippen molar-refractivity contribution in [1.82, 2.24) is 0 Å². The van der Waals surface area contributed by atoms with Crippen LogP contribution in [0, 0.1) is 0 Å². The summed E-state index contributed by atoms with van der Waals surface area (Å²) in [4.78, 5) is 2.04. The van der Waals surface area contributed by atoms with Gasteiger partial charge in [0.25, 0.3) is 0 Å². The van der Waals surface area contributed by atoms with Crippen molar-refractivity contribution in [1.29, 1.82) is 0 Å². The van der Waals surface area contributed by atoms with Crippen LogP contribution >= 0.6 is 21.5 Å². The van der Waals surface area contributed by atoms with Gasteiger partial charge in [0.05, 0.1) is 0 Å². The van der Waals surface area contributed by atoms with Crippen LogP contribution in [0.5, 0.6) is 0 Å². The fourth-order valence-corrected chi connectivity index (χ4v) is 9.18. The molecule has 90 valence electrons. The molecule has 0 saturated heterocycles. The van der Waals surface area contributed by atoms with Crippen LogP contribution in [-0.4, -0.2) is 30.0 Å². The van der Waals surface area contributed by atoms with Crippen molar-refractivity contribution >= 4 is 42.8 Å². The monoisotopic (exact) mass is 367 g/mol. The van der Waals surface area contributed by atoms with Gasteiger partial charge in [-0.2, -0.15) is 0 Å². The number of nitrogens with two attached hydrogens (primary N) is 1. The van der Waals surface area contributed by atoms with Gasteiger partial charge >= 0.3 is 112 Å². The Labute approximate surface area is 111 Å². The van der Waals surface area contributed by atoms with Gasteiger partial charge in [-0.1, -0.05) is 0 Å². The fourth-order valence-electron chi connectivity index (χ4n) is 1.62. The van der Waals surface area contributed by atoms with Crippen molar-refractivity contribution in [3.8, 4) is 0 Å². The van der Waals surface area contributed by atoms with Gasteiger partial charge in [0.15, 0.2) is 0 Å². The second kappa shape index (κ2) is 6.49. The van der Waals surface area contributed by atoms with E-state index in [9.17, 15) is 0 Å². The number of hydrogen-bond donors (Lipinski definition) is 2. The van der Waals surface area contributed by atoms with Gasteiger partial charge in [-0.05, 0) is 0 Å². The molecule has 16 heavy (non-hydrogen) atoms. The summed E-state index contributed by atoms with van der Waals surface area (Å²) in [6.45, 7) is 2.57. The Bertz CT molecular complexity index is 347. The van der Waals surface area contributed by atoms with E-state index >= 15 is 0 Å². The zero-order valence-electron chi connectivity index (χ0n) is 9.61. The maximum atomic E-state index is 6.59. The Morgan fingerprint density at radius 2 is 2.12 bits per heavy atom. The SMILES string of the molecule is CC(N)c1cccc[c]1[Sn]([CH3])([Cl])[O]CCS. The van der Waals surface area contributed by atoms with E-state index in [2.05, 4.69) is 12.6 Å². The molecule has 1 aromatic rings. The molecule has 0 aliphatic carbocycles. The molecule has 0 aliphatic heterocycles. The Hall–Kier alpha value is 0.579. The molecule has 0 bridgehead atoms. The van der Waals surface area contributed by atoms with E-state index in [4.69, 9.17) is 17.7 Å². The van der Waals surface area contributed by atoms with Crippen LogP contribution < -0.4 is 9.31 Å². The molecular formula is C11H18ClNOSSn. The molecule has 0 spiro atoms. The Balaban J connectivity index is 3.01. The number of halogens is 1. The normalized spacial score (nSPS) is 16.8. The Morgan fingerprint density at radius 3 is 2.69 bits per heavy atom. The van der Waals surface area contributed by atoms with E-state index in [0.717, 1.165) is 9.14 Å². The summed E-state index contributed by atoms with van der Waals surface area (Å²) in [6.07, 6.45) is 0. The average Bonchev–Trinajstić information content (AvgIpc) is 2.26. The Morgan fingerprint density at radius 1 is 1.50 bits per heavy atom. The molecule has 1 aromatic carbocycles. The molecule has 5 heteroatoms. The average molecular weight is 367 g/mol. The van der Waals surface area contributed by atoms with E-state index in [-0.39, 0.29) is 6.04 Å². The van der Waals surface area contributed by atoms with E-state index in [1.54, 1.807) is 0 Å². The predicted octanol–water partition coefficient (Wildman–Crippen LogP) is 2.17. The van der Waals surface area contributed by atoms with Gasteiger partial charge in [0.2, 0.25) is 0 Å². The van der Waals surface area contributed by atoms with Crippen molar-refractivity contribution in [3.63, 3.8) is 0 Å². The molecule has 0 aromatic heterocycles. The van der Waals surface area contributed by atoms with Gasteiger partial charge in [-0.15, -0.1) is 0 Å². The van der Waals surface area contributed by atoms with Crippen LogP contribution in [0.3, 0.4) is 0 Å². The fraction of sp³-hybridized carbons (Fsp3) is 0.455. The van der Waals surface area contributed by atoms with Crippen molar-refractivity contribution < 1.29 is 3.07 Å². The third-order valence-electron chi connectivity index (χ3n) is 2.40. The quantitative estimate of drug-likeness (QED) is 0.619. The molecule has 0 heterocycles. The van der Waals surface area contributed by atoms with Gasteiger partial charge < -0.3 is 0 Å². The molecule has 0 saturated carbocycles. The van der Waals surface area contributed by atoms with Crippen molar-refractivity contribution in [3.05, 3.63) is 29.8 Å². The maximum absolute atomic E-state index is 6.59. The Kier molecular flexibility index (Phi) is 5.94. The molecule has 2 atom stereocenters. The van der Waals surface area contributed by atoms with Crippen molar-refractivity contribution in [2.75, 3.05) is 12.4 Å². The second-order valence-electron chi connectivity index (χ2n) is 3.86. The van der Waals surface area contributed by atoms with Gasteiger partial charge in [0, 0.05) is 0 Å². The van der Waals surface area contributed by atoms with E-state index in [1.807, 2.05) is 36.1 Å². The van der Waals surface area contributed by atoms with Crippen LogP contribution in [0.2, 0.25) is 4.94 Å².